The van der Waals surface area contributed by atoms with E-state index in [0.717, 1.165) is 12.0 Å². The van der Waals surface area contributed by atoms with Gasteiger partial charge in [-0.05, 0) is 24.6 Å². The minimum Gasteiger partial charge on any atom is -0.395 e. The lowest BCUT2D eigenvalue weighted by molar-refractivity contribution is -0.117. The van der Waals surface area contributed by atoms with Crippen molar-refractivity contribution in [3.63, 3.8) is 0 Å². The van der Waals surface area contributed by atoms with Gasteiger partial charge in [-0.15, -0.1) is 0 Å². The maximum atomic E-state index is 12.0. The van der Waals surface area contributed by atoms with Crippen molar-refractivity contribution in [2.24, 2.45) is 0 Å². The van der Waals surface area contributed by atoms with Gasteiger partial charge in [-0.3, -0.25) is 9.59 Å². The second kappa shape index (κ2) is 7.74. The van der Waals surface area contributed by atoms with Crippen LogP contribution >= 0.6 is 0 Å². The number of hydrogen-bond acceptors (Lipinski definition) is 5. The number of rotatable bonds is 6. The van der Waals surface area contributed by atoms with E-state index in [4.69, 9.17) is 10.5 Å². The molecule has 2 rings (SSSR count). The Balaban J connectivity index is 2.47. The molecule has 0 bridgehead atoms. The van der Waals surface area contributed by atoms with Crippen molar-refractivity contribution in [3.05, 3.63) is 30.0 Å². The number of fused-ring (bicyclic) bond motifs is 1. The molecule has 1 aromatic rings. The highest BCUT2D eigenvalue weighted by Crippen LogP contribution is 2.36. The Morgan fingerprint density at radius 2 is 2.21 bits per heavy atom. The van der Waals surface area contributed by atoms with Gasteiger partial charge in [0.05, 0.1) is 24.0 Å². The number of aliphatic hydroxyl groups is 1. The highest BCUT2D eigenvalue weighted by molar-refractivity contribution is 6.09. The van der Waals surface area contributed by atoms with Crippen molar-refractivity contribution in [3.8, 4) is 0 Å². The fraction of sp³-hybridized carbons (Fsp3) is 0.353. The zero-order chi connectivity index (χ0) is 17.7. The van der Waals surface area contributed by atoms with Crippen LogP contribution in [0.15, 0.2) is 24.4 Å². The molecular weight excluding hydrogens is 308 g/mol. The number of nitrogens with zero attached hydrogens (tertiary/aromatic N) is 2. The molecule has 7 nitrogen and oxygen atoms in total. The van der Waals surface area contributed by atoms with E-state index >= 15 is 0 Å². The minimum absolute atomic E-state index is 0.00362. The van der Waals surface area contributed by atoms with Crippen LogP contribution in [0, 0.1) is 5.41 Å². The Morgan fingerprint density at radius 1 is 1.46 bits per heavy atom. The molecule has 1 aliphatic heterocycles. The molecule has 1 unspecified atom stereocenters. The first-order valence-corrected chi connectivity index (χ1v) is 7.74. The second-order valence-electron chi connectivity index (χ2n) is 5.62. The van der Waals surface area contributed by atoms with Crippen LogP contribution < -0.4 is 15.1 Å². The molecule has 1 aromatic carbocycles. The molecule has 1 aliphatic rings. The van der Waals surface area contributed by atoms with Crippen molar-refractivity contribution in [1.82, 2.24) is 5.32 Å². The van der Waals surface area contributed by atoms with Crippen LogP contribution in [0.4, 0.5) is 11.4 Å². The molecule has 0 radical (unpaired) electrons. The van der Waals surface area contributed by atoms with Gasteiger partial charge < -0.3 is 25.6 Å². The van der Waals surface area contributed by atoms with Crippen LogP contribution in [-0.2, 0) is 9.59 Å². The van der Waals surface area contributed by atoms with E-state index in [1.54, 1.807) is 28.1 Å². The smallest absolute Gasteiger partial charge is 0.224 e. The molecule has 0 saturated carbocycles. The summed E-state index contributed by atoms with van der Waals surface area (Å²) >= 11 is 0. The Labute approximate surface area is 141 Å². The second-order valence-corrected chi connectivity index (χ2v) is 5.62. The molecule has 0 fully saturated rings. The number of hydrogen-bond donors (Lipinski definition) is 3. The van der Waals surface area contributed by atoms with E-state index in [1.807, 2.05) is 13.0 Å². The number of aliphatic hydroxyl groups excluding tert-OH is 1. The number of allylic oxidation sites excluding steroid dienone is 1. The first-order chi connectivity index (χ1) is 11.5. The Bertz CT molecular complexity index is 672. The highest BCUT2D eigenvalue weighted by atomic mass is 16.3. The largest absolute Gasteiger partial charge is 0.395 e. The lowest BCUT2D eigenvalue weighted by atomic mass is 10.0. The first kappa shape index (κ1) is 17.7. The number of anilines is 2. The van der Waals surface area contributed by atoms with Crippen LogP contribution in [0.2, 0.25) is 0 Å². The van der Waals surface area contributed by atoms with E-state index in [9.17, 15) is 9.59 Å². The van der Waals surface area contributed by atoms with Gasteiger partial charge in [0.25, 0.3) is 0 Å². The summed E-state index contributed by atoms with van der Waals surface area (Å²) in [6, 6.07) is 5.30. The molecule has 128 valence electrons. The minimum atomic E-state index is -0.102. The summed E-state index contributed by atoms with van der Waals surface area (Å²) in [4.78, 5) is 26.6. The van der Waals surface area contributed by atoms with E-state index in [2.05, 4.69) is 5.32 Å². The predicted molar refractivity (Wildman–Crippen MR) is 94.3 cm³/mol. The van der Waals surface area contributed by atoms with Crippen LogP contribution in [0.1, 0.15) is 19.4 Å². The lowest BCUT2D eigenvalue weighted by Crippen LogP contribution is -2.49. The molecule has 24 heavy (non-hydrogen) atoms. The average molecular weight is 330 g/mol. The maximum Gasteiger partial charge on any atom is 0.224 e. The Morgan fingerprint density at radius 3 is 2.79 bits per heavy atom. The predicted octanol–water partition coefficient (Wildman–Crippen LogP) is 0.977. The molecular formula is C17H22N4O3. The molecule has 2 amide bonds. The lowest BCUT2D eigenvalue weighted by Gasteiger charge is -2.39. The Hall–Kier alpha value is -2.67. The third-order valence-electron chi connectivity index (χ3n) is 3.92. The molecule has 0 aliphatic carbocycles. The van der Waals surface area contributed by atoms with E-state index < -0.39 is 0 Å². The summed E-state index contributed by atoms with van der Waals surface area (Å²) in [5.74, 6) is -0.0746. The zero-order valence-electron chi connectivity index (χ0n) is 13.8. The topological polar surface area (TPSA) is 96.7 Å². The van der Waals surface area contributed by atoms with Crippen LogP contribution in [-0.4, -0.2) is 49.4 Å². The number of nitrogens with one attached hydrogen (secondary N) is 2. The van der Waals surface area contributed by atoms with Crippen LogP contribution in [0.3, 0.4) is 0 Å². The van der Waals surface area contributed by atoms with Crippen LogP contribution in [0.5, 0.6) is 0 Å². The molecule has 0 saturated heterocycles. The van der Waals surface area contributed by atoms with E-state index in [1.165, 1.54) is 13.1 Å². The standard InChI is InChI=1S/C17H22N4O3/c1-12-10-20(11-23)17-7-14(15(8-18)9-19-5-6-22)3-4-16(17)21(12)13(2)24/h3-4,7-9,11-12,18-19,22H,5-6,10H2,1-2H3/b15-9+,18-8?. The van der Waals surface area contributed by atoms with Crippen molar-refractivity contribution in [2.45, 2.75) is 19.9 Å². The van der Waals surface area contributed by atoms with Gasteiger partial charge in [0.15, 0.2) is 0 Å². The highest BCUT2D eigenvalue weighted by Gasteiger charge is 2.30. The summed E-state index contributed by atoms with van der Waals surface area (Å²) in [6.45, 7) is 4.21. The summed E-state index contributed by atoms with van der Waals surface area (Å²) in [7, 11) is 0. The van der Waals surface area contributed by atoms with E-state index in [-0.39, 0.29) is 18.6 Å². The molecule has 1 atom stereocenters. The SMILES string of the molecule is CC(=O)N1c2ccc(/C(C=N)=C/NCCO)cc2N(C=O)CC1C. The first-order valence-electron chi connectivity index (χ1n) is 7.74. The molecule has 0 spiro atoms. The monoisotopic (exact) mass is 330 g/mol. The summed E-state index contributed by atoms with van der Waals surface area (Å²) in [6.07, 6.45) is 3.60. The van der Waals surface area contributed by atoms with Crippen molar-refractivity contribution in [1.29, 1.82) is 5.41 Å². The normalized spacial score (nSPS) is 17.3. The quantitative estimate of drug-likeness (QED) is 0.411. The number of amides is 2. The Kier molecular flexibility index (Phi) is 5.70. The van der Waals surface area contributed by atoms with Gasteiger partial charge in [0.2, 0.25) is 12.3 Å². The van der Waals surface area contributed by atoms with Gasteiger partial charge in [-0.25, -0.2) is 0 Å². The van der Waals surface area contributed by atoms with Gasteiger partial charge in [-0.1, -0.05) is 6.07 Å². The van der Waals surface area contributed by atoms with Crippen molar-refractivity contribution >= 4 is 35.5 Å². The van der Waals surface area contributed by atoms with Crippen LogP contribution in [0.25, 0.3) is 5.57 Å². The fourth-order valence-electron chi connectivity index (χ4n) is 2.87. The van der Waals surface area contributed by atoms with Gasteiger partial charge >= 0.3 is 0 Å². The summed E-state index contributed by atoms with van der Waals surface area (Å²) in [5.41, 5.74) is 2.69. The summed E-state index contributed by atoms with van der Waals surface area (Å²) < 4.78 is 0. The molecule has 3 N–H and O–H groups in total. The van der Waals surface area contributed by atoms with Gasteiger partial charge in [0, 0.05) is 38.0 Å². The van der Waals surface area contributed by atoms with Crippen molar-refractivity contribution in [2.75, 3.05) is 29.5 Å². The number of carbonyl (C=O) groups is 2. The summed E-state index contributed by atoms with van der Waals surface area (Å²) in [5, 5.41) is 19.3. The third-order valence-corrected chi connectivity index (χ3v) is 3.92. The third kappa shape index (κ3) is 3.46. The number of carbonyl (C=O) groups excluding carboxylic acids is 2. The maximum absolute atomic E-state index is 12.0. The van der Waals surface area contributed by atoms with Crippen molar-refractivity contribution < 1.29 is 14.7 Å². The number of benzene rings is 1. The van der Waals surface area contributed by atoms with E-state index in [0.29, 0.717) is 30.0 Å². The molecule has 1 heterocycles. The molecule has 7 heteroatoms. The fourth-order valence-corrected chi connectivity index (χ4v) is 2.87. The molecule has 0 aromatic heterocycles. The van der Waals surface area contributed by atoms with Gasteiger partial charge in [-0.2, -0.15) is 0 Å². The van der Waals surface area contributed by atoms with Gasteiger partial charge in [0.1, 0.15) is 0 Å². The zero-order valence-corrected chi connectivity index (χ0v) is 13.8. The average Bonchev–Trinajstić information content (AvgIpc) is 2.57.